The van der Waals surface area contributed by atoms with Crippen molar-refractivity contribution in [2.45, 2.75) is 33.2 Å². The van der Waals surface area contributed by atoms with Crippen LogP contribution in [0.5, 0.6) is 0 Å². The van der Waals surface area contributed by atoms with Crippen molar-refractivity contribution < 1.29 is 4.79 Å². The summed E-state index contributed by atoms with van der Waals surface area (Å²) in [5.41, 5.74) is 5.04. The highest BCUT2D eigenvalue weighted by Crippen LogP contribution is 2.26. The van der Waals surface area contributed by atoms with Crippen LogP contribution in [0.15, 0.2) is 41.8 Å². The molecule has 142 valence electrons. The Hall–Kier alpha value is -2.44. The Kier molecular flexibility index (Phi) is 6.08. The minimum atomic E-state index is -0.0686. The molecule has 0 aliphatic heterocycles. The molecule has 0 spiro atoms. The van der Waals surface area contributed by atoms with Crippen LogP contribution in [0, 0.1) is 13.8 Å². The molecule has 1 atom stereocenters. The van der Waals surface area contributed by atoms with E-state index < -0.39 is 0 Å². The van der Waals surface area contributed by atoms with E-state index in [-0.39, 0.29) is 18.5 Å². The van der Waals surface area contributed by atoms with Crippen molar-refractivity contribution in [3.63, 3.8) is 0 Å². The number of nitrogens with zero attached hydrogens (tertiary/aromatic N) is 2. The SMILES string of the molecule is CCc1ccc([C@@H](NCC(=O)Nc2c(C)nn(C)c2C)c2cccs2)cc1. The summed E-state index contributed by atoms with van der Waals surface area (Å²) in [7, 11) is 1.88. The van der Waals surface area contributed by atoms with Crippen molar-refractivity contribution in [2.75, 3.05) is 11.9 Å². The van der Waals surface area contributed by atoms with Crippen molar-refractivity contribution in [2.24, 2.45) is 7.05 Å². The molecule has 6 heteroatoms. The second kappa shape index (κ2) is 8.50. The number of nitrogens with one attached hydrogen (secondary N) is 2. The normalized spacial score (nSPS) is 12.1. The number of aromatic nitrogens is 2. The summed E-state index contributed by atoms with van der Waals surface area (Å²) < 4.78 is 1.78. The molecular formula is C21H26N4OS. The molecule has 0 unspecified atom stereocenters. The number of aryl methyl sites for hydroxylation is 3. The molecule has 0 bridgehead atoms. The third-order valence-electron chi connectivity index (χ3n) is 4.79. The molecule has 2 heterocycles. The lowest BCUT2D eigenvalue weighted by Gasteiger charge is -2.18. The molecule has 0 aliphatic rings. The maximum Gasteiger partial charge on any atom is 0.238 e. The van der Waals surface area contributed by atoms with Crippen LogP contribution in [-0.4, -0.2) is 22.2 Å². The molecular weight excluding hydrogens is 356 g/mol. The largest absolute Gasteiger partial charge is 0.322 e. The standard InChI is InChI=1S/C21H26N4OS/c1-5-16-8-10-17(11-9-16)21(18-7-6-12-27-18)22-13-19(26)23-20-14(2)24-25(4)15(20)3/h6-12,21-22H,5,13H2,1-4H3,(H,23,26)/t21-/m1/s1. The fourth-order valence-corrected chi connectivity index (χ4v) is 3.94. The van der Waals surface area contributed by atoms with Gasteiger partial charge in [-0.15, -0.1) is 11.3 Å². The van der Waals surface area contributed by atoms with Gasteiger partial charge in [0.15, 0.2) is 0 Å². The maximum atomic E-state index is 12.5. The van der Waals surface area contributed by atoms with Crippen molar-refractivity contribution >= 4 is 22.9 Å². The van der Waals surface area contributed by atoms with Gasteiger partial charge in [0.2, 0.25) is 5.91 Å². The second-order valence-electron chi connectivity index (χ2n) is 6.64. The maximum absolute atomic E-state index is 12.5. The van der Waals surface area contributed by atoms with Crippen LogP contribution >= 0.6 is 11.3 Å². The van der Waals surface area contributed by atoms with Crippen LogP contribution in [0.2, 0.25) is 0 Å². The van der Waals surface area contributed by atoms with E-state index >= 15 is 0 Å². The van der Waals surface area contributed by atoms with Gasteiger partial charge in [0.25, 0.3) is 0 Å². The molecule has 2 aromatic heterocycles. The number of benzene rings is 1. The Labute approximate surface area is 164 Å². The number of hydrogen-bond donors (Lipinski definition) is 2. The van der Waals surface area contributed by atoms with Crippen molar-refractivity contribution in [3.8, 4) is 0 Å². The highest BCUT2D eigenvalue weighted by atomic mass is 32.1. The highest BCUT2D eigenvalue weighted by molar-refractivity contribution is 7.10. The summed E-state index contributed by atoms with van der Waals surface area (Å²) in [6, 6.07) is 12.7. The van der Waals surface area contributed by atoms with E-state index in [2.05, 4.69) is 58.4 Å². The fourth-order valence-electron chi connectivity index (χ4n) is 3.12. The Morgan fingerprint density at radius 2 is 1.96 bits per heavy atom. The predicted octanol–water partition coefficient (Wildman–Crippen LogP) is 3.98. The first kappa shape index (κ1) is 19.3. The van der Waals surface area contributed by atoms with Gasteiger partial charge < -0.3 is 5.32 Å². The van der Waals surface area contributed by atoms with Crippen LogP contribution in [0.1, 0.15) is 40.4 Å². The minimum Gasteiger partial charge on any atom is -0.322 e. The molecule has 3 aromatic rings. The smallest absolute Gasteiger partial charge is 0.238 e. The Morgan fingerprint density at radius 1 is 1.22 bits per heavy atom. The number of amides is 1. The number of thiophene rings is 1. The monoisotopic (exact) mass is 382 g/mol. The van der Waals surface area contributed by atoms with Gasteiger partial charge in [-0.1, -0.05) is 37.3 Å². The van der Waals surface area contributed by atoms with E-state index in [0.717, 1.165) is 29.1 Å². The summed E-state index contributed by atoms with van der Waals surface area (Å²) in [5.74, 6) is -0.0686. The van der Waals surface area contributed by atoms with Gasteiger partial charge in [0, 0.05) is 11.9 Å². The lowest BCUT2D eigenvalue weighted by atomic mass is 10.0. The Morgan fingerprint density at radius 3 is 2.52 bits per heavy atom. The van der Waals surface area contributed by atoms with E-state index in [9.17, 15) is 4.79 Å². The molecule has 27 heavy (non-hydrogen) atoms. The third-order valence-corrected chi connectivity index (χ3v) is 5.73. The zero-order chi connectivity index (χ0) is 19.4. The molecule has 0 saturated carbocycles. The average molecular weight is 383 g/mol. The van der Waals surface area contributed by atoms with Crippen molar-refractivity contribution in [1.82, 2.24) is 15.1 Å². The second-order valence-corrected chi connectivity index (χ2v) is 7.62. The van der Waals surface area contributed by atoms with Gasteiger partial charge in [0.1, 0.15) is 0 Å². The summed E-state index contributed by atoms with van der Waals surface area (Å²) in [6.45, 7) is 6.23. The van der Waals surface area contributed by atoms with Crippen LogP contribution < -0.4 is 10.6 Å². The van der Waals surface area contributed by atoms with E-state index in [4.69, 9.17) is 0 Å². The predicted molar refractivity (Wildman–Crippen MR) is 111 cm³/mol. The molecule has 5 nitrogen and oxygen atoms in total. The summed E-state index contributed by atoms with van der Waals surface area (Å²) >= 11 is 1.69. The lowest BCUT2D eigenvalue weighted by molar-refractivity contribution is -0.115. The Balaban J connectivity index is 1.72. The lowest BCUT2D eigenvalue weighted by Crippen LogP contribution is -2.31. The molecule has 0 radical (unpaired) electrons. The average Bonchev–Trinajstić information content (AvgIpc) is 3.27. The number of carbonyl (C=O) groups excluding carboxylic acids is 1. The first-order valence-corrected chi connectivity index (χ1v) is 10.0. The molecule has 1 aromatic carbocycles. The fraction of sp³-hybridized carbons (Fsp3) is 0.333. The molecule has 0 saturated heterocycles. The number of hydrogen-bond acceptors (Lipinski definition) is 4. The molecule has 1 amide bonds. The number of carbonyl (C=O) groups is 1. The molecule has 3 rings (SSSR count). The summed E-state index contributed by atoms with van der Waals surface area (Å²) in [6.07, 6.45) is 1.02. The van der Waals surface area contributed by atoms with Crippen LogP contribution in [-0.2, 0) is 18.3 Å². The first-order valence-electron chi connectivity index (χ1n) is 9.15. The van der Waals surface area contributed by atoms with E-state index in [1.807, 2.05) is 27.0 Å². The van der Waals surface area contributed by atoms with Crippen molar-refractivity contribution in [3.05, 3.63) is 69.2 Å². The van der Waals surface area contributed by atoms with Crippen LogP contribution in [0.4, 0.5) is 5.69 Å². The van der Waals surface area contributed by atoms with Gasteiger partial charge in [-0.2, -0.15) is 5.10 Å². The summed E-state index contributed by atoms with van der Waals surface area (Å²) in [4.78, 5) is 13.7. The summed E-state index contributed by atoms with van der Waals surface area (Å²) in [5, 5.41) is 12.8. The molecule has 0 aliphatic carbocycles. The number of anilines is 1. The first-order chi connectivity index (χ1) is 13.0. The van der Waals surface area contributed by atoms with Gasteiger partial charge >= 0.3 is 0 Å². The van der Waals surface area contributed by atoms with Gasteiger partial charge in [-0.3, -0.25) is 14.8 Å². The van der Waals surface area contributed by atoms with E-state index in [0.29, 0.717) is 0 Å². The Bertz CT molecular complexity index is 897. The number of rotatable bonds is 7. The van der Waals surface area contributed by atoms with Crippen molar-refractivity contribution in [1.29, 1.82) is 0 Å². The third kappa shape index (κ3) is 4.46. The van der Waals surface area contributed by atoms with E-state index in [1.54, 1.807) is 16.0 Å². The van der Waals surface area contributed by atoms with E-state index in [1.165, 1.54) is 10.4 Å². The van der Waals surface area contributed by atoms with Crippen LogP contribution in [0.3, 0.4) is 0 Å². The topological polar surface area (TPSA) is 59.0 Å². The molecule has 2 N–H and O–H groups in total. The highest BCUT2D eigenvalue weighted by Gasteiger charge is 2.18. The quantitative estimate of drug-likeness (QED) is 0.650. The van der Waals surface area contributed by atoms with Crippen LogP contribution in [0.25, 0.3) is 0 Å². The van der Waals surface area contributed by atoms with Gasteiger partial charge in [-0.05, 0) is 42.8 Å². The van der Waals surface area contributed by atoms with Gasteiger partial charge in [-0.25, -0.2) is 0 Å². The zero-order valence-electron chi connectivity index (χ0n) is 16.2. The zero-order valence-corrected chi connectivity index (χ0v) is 17.1. The van der Waals surface area contributed by atoms with Gasteiger partial charge in [0.05, 0.1) is 29.7 Å². The molecule has 0 fully saturated rings. The minimum absolute atomic E-state index is 0.00208.